The second-order valence-electron chi connectivity index (χ2n) is 10.9. The molecule has 1 aliphatic heterocycles. The molecule has 4 aromatic carbocycles. The zero-order valence-corrected chi connectivity index (χ0v) is 26.5. The number of thioether (sulfide) groups is 1. The molecule has 1 saturated heterocycles. The van der Waals surface area contributed by atoms with Crippen LogP contribution >= 0.6 is 11.8 Å². The fourth-order valence-electron chi connectivity index (χ4n) is 5.24. The fourth-order valence-corrected chi connectivity index (χ4v) is 7.22. The molecule has 232 valence electrons. The van der Waals surface area contributed by atoms with E-state index in [0.29, 0.717) is 6.42 Å². The van der Waals surface area contributed by atoms with Gasteiger partial charge in [0.2, 0.25) is 10.0 Å². The predicted octanol–water partition coefficient (Wildman–Crippen LogP) is 6.40. The molecule has 5 aromatic rings. The van der Waals surface area contributed by atoms with Gasteiger partial charge in [0.15, 0.2) is 11.4 Å². The highest BCUT2D eigenvalue weighted by molar-refractivity contribution is 7.99. The Morgan fingerprint density at radius 2 is 1.64 bits per heavy atom. The van der Waals surface area contributed by atoms with Gasteiger partial charge in [0.05, 0.1) is 23.7 Å². The number of aliphatic hydroxyl groups is 1. The van der Waals surface area contributed by atoms with E-state index in [-0.39, 0.29) is 30.3 Å². The van der Waals surface area contributed by atoms with E-state index in [0.717, 1.165) is 44.3 Å². The molecule has 3 atom stereocenters. The van der Waals surface area contributed by atoms with Gasteiger partial charge in [-0.2, -0.15) is 0 Å². The summed E-state index contributed by atoms with van der Waals surface area (Å²) in [6, 6.07) is 32.2. The summed E-state index contributed by atoms with van der Waals surface area (Å²) < 4.78 is 43.0. The lowest BCUT2D eigenvalue weighted by molar-refractivity contribution is -0.245. The molecule has 6 rings (SSSR count). The average molecular weight is 642 g/mol. The second-order valence-corrected chi connectivity index (χ2v) is 13.7. The first-order valence-electron chi connectivity index (χ1n) is 14.7. The van der Waals surface area contributed by atoms with E-state index in [4.69, 9.17) is 9.47 Å². The molecule has 0 unspecified atom stereocenters. The maximum atomic E-state index is 12.7. The highest BCUT2D eigenvalue weighted by Gasteiger charge is 2.32. The van der Waals surface area contributed by atoms with Crippen LogP contribution in [0.5, 0.6) is 0 Å². The van der Waals surface area contributed by atoms with Crippen LogP contribution in [0.25, 0.3) is 11.1 Å². The second kappa shape index (κ2) is 14.1. The first-order valence-corrected chi connectivity index (χ1v) is 17.2. The molecule has 2 heterocycles. The van der Waals surface area contributed by atoms with Gasteiger partial charge >= 0.3 is 0 Å². The van der Waals surface area contributed by atoms with Crippen molar-refractivity contribution in [2.75, 3.05) is 5.75 Å². The summed E-state index contributed by atoms with van der Waals surface area (Å²) in [4.78, 5) is 4.68. The minimum Gasteiger partial charge on any atom is -0.392 e. The van der Waals surface area contributed by atoms with Gasteiger partial charge in [-0.3, -0.25) is 0 Å². The van der Waals surface area contributed by atoms with Crippen LogP contribution in [0.15, 0.2) is 126 Å². The van der Waals surface area contributed by atoms with Crippen molar-refractivity contribution in [1.82, 2.24) is 14.3 Å². The zero-order chi connectivity index (χ0) is 31.2. The molecular formula is C35H35N3O5S2. The highest BCUT2D eigenvalue weighted by atomic mass is 32.2. The summed E-state index contributed by atoms with van der Waals surface area (Å²) in [6.07, 6.45) is 3.64. The SMILES string of the molecule is Cn1ccnc1SC[C@H]1C[C@@H](c2ccc(CO)cc2)O[C@@H](c2ccc(-c3cccc(CNS(=O)(=O)c4ccccc4)c3)cc2)O1. The minimum absolute atomic E-state index is 0.000966. The van der Waals surface area contributed by atoms with Gasteiger partial charge in [0, 0.05) is 43.7 Å². The third-order valence-electron chi connectivity index (χ3n) is 7.75. The van der Waals surface area contributed by atoms with Crippen molar-refractivity contribution in [3.8, 4) is 11.1 Å². The third-order valence-corrected chi connectivity index (χ3v) is 10.4. The lowest BCUT2D eigenvalue weighted by Gasteiger charge is -2.36. The van der Waals surface area contributed by atoms with E-state index in [2.05, 4.69) is 9.71 Å². The summed E-state index contributed by atoms with van der Waals surface area (Å²) in [7, 11) is -1.62. The number of nitrogens with one attached hydrogen (secondary N) is 1. The van der Waals surface area contributed by atoms with Gasteiger partial charge in [-0.1, -0.05) is 96.7 Å². The Morgan fingerprint density at radius 3 is 2.36 bits per heavy atom. The van der Waals surface area contributed by atoms with Crippen LogP contribution in [-0.4, -0.2) is 34.9 Å². The first kappa shape index (κ1) is 31.2. The van der Waals surface area contributed by atoms with Crippen LogP contribution in [0, 0.1) is 0 Å². The van der Waals surface area contributed by atoms with E-state index in [9.17, 15) is 13.5 Å². The summed E-state index contributed by atoms with van der Waals surface area (Å²) in [5.74, 6) is 0.731. The number of nitrogens with zero attached hydrogens (tertiary/aromatic N) is 2. The number of aryl methyl sites for hydroxylation is 1. The van der Waals surface area contributed by atoms with Gasteiger partial charge in [-0.25, -0.2) is 18.1 Å². The summed E-state index contributed by atoms with van der Waals surface area (Å²) in [5, 5.41) is 10.4. The Balaban J connectivity index is 1.17. The van der Waals surface area contributed by atoms with Gasteiger partial charge in [-0.05, 0) is 46.0 Å². The van der Waals surface area contributed by atoms with Crippen molar-refractivity contribution < 1.29 is 23.0 Å². The topological polar surface area (TPSA) is 103 Å². The van der Waals surface area contributed by atoms with Crippen molar-refractivity contribution in [3.05, 3.63) is 138 Å². The quantitative estimate of drug-likeness (QED) is 0.161. The van der Waals surface area contributed by atoms with Crippen LogP contribution in [0.2, 0.25) is 0 Å². The minimum atomic E-state index is -3.60. The largest absolute Gasteiger partial charge is 0.392 e. The van der Waals surface area contributed by atoms with E-state index < -0.39 is 16.3 Å². The Hall–Kier alpha value is -3.77. The van der Waals surface area contributed by atoms with Crippen LogP contribution in [0.1, 0.15) is 41.1 Å². The number of hydrogen-bond acceptors (Lipinski definition) is 7. The van der Waals surface area contributed by atoms with E-state index >= 15 is 0 Å². The third kappa shape index (κ3) is 7.73. The normalized spacial score (nSPS) is 18.6. The zero-order valence-electron chi connectivity index (χ0n) is 24.8. The highest BCUT2D eigenvalue weighted by Crippen LogP contribution is 2.39. The van der Waals surface area contributed by atoms with Crippen molar-refractivity contribution in [2.45, 2.75) is 48.1 Å². The van der Waals surface area contributed by atoms with Crippen LogP contribution in [-0.2, 0) is 39.7 Å². The van der Waals surface area contributed by atoms with Crippen LogP contribution < -0.4 is 4.72 Å². The number of rotatable bonds is 11. The van der Waals surface area contributed by atoms with Gasteiger partial charge < -0.3 is 19.1 Å². The first-order chi connectivity index (χ1) is 21.9. The maximum Gasteiger partial charge on any atom is 0.240 e. The molecule has 0 amide bonds. The molecule has 2 N–H and O–H groups in total. The Morgan fingerprint density at radius 1 is 0.889 bits per heavy atom. The summed E-state index contributed by atoms with van der Waals surface area (Å²) >= 11 is 1.66. The van der Waals surface area contributed by atoms with Crippen LogP contribution in [0.4, 0.5) is 0 Å². The molecule has 45 heavy (non-hydrogen) atoms. The van der Waals surface area contributed by atoms with Crippen LogP contribution in [0.3, 0.4) is 0 Å². The number of aromatic nitrogens is 2. The number of imidazole rings is 1. The molecule has 1 fully saturated rings. The lowest BCUT2D eigenvalue weighted by Crippen LogP contribution is -2.31. The molecule has 0 spiro atoms. The van der Waals surface area contributed by atoms with Gasteiger partial charge in [0.25, 0.3) is 0 Å². The van der Waals surface area contributed by atoms with Gasteiger partial charge in [0.1, 0.15) is 0 Å². The average Bonchev–Trinajstić information content (AvgIpc) is 3.51. The monoisotopic (exact) mass is 641 g/mol. The molecule has 10 heteroatoms. The number of ether oxygens (including phenoxy) is 2. The summed E-state index contributed by atoms with van der Waals surface area (Å²) in [6.45, 7) is 0.185. The molecule has 0 radical (unpaired) electrons. The molecule has 0 aliphatic carbocycles. The lowest BCUT2D eigenvalue weighted by atomic mass is 9.99. The Kier molecular flexibility index (Phi) is 9.79. The molecule has 8 nitrogen and oxygen atoms in total. The predicted molar refractivity (Wildman–Crippen MR) is 175 cm³/mol. The Bertz CT molecular complexity index is 1810. The molecular weight excluding hydrogens is 607 g/mol. The smallest absolute Gasteiger partial charge is 0.240 e. The molecule has 0 bridgehead atoms. The molecule has 0 saturated carbocycles. The molecule has 1 aromatic heterocycles. The number of benzene rings is 4. The van der Waals surface area contributed by atoms with Crippen molar-refractivity contribution in [2.24, 2.45) is 7.05 Å². The van der Waals surface area contributed by atoms with E-state index in [1.807, 2.05) is 90.6 Å². The standard InChI is InChI=1S/C35H35N3O5S2/c1-38-19-18-36-35(38)44-24-31-21-33(28-12-10-25(23-39)11-13-28)43-34(42-31)29-16-14-27(15-17-29)30-7-5-6-26(20-30)22-37-45(40,41)32-8-3-2-4-9-32/h2-20,31,33-34,37,39H,21-24H2,1H3/t31-,33+,34+/m1/s1. The summed E-state index contributed by atoms with van der Waals surface area (Å²) in [5.41, 5.74) is 5.66. The maximum absolute atomic E-state index is 12.7. The van der Waals surface area contributed by atoms with Crippen molar-refractivity contribution >= 4 is 21.8 Å². The van der Waals surface area contributed by atoms with E-state index in [1.165, 1.54) is 0 Å². The van der Waals surface area contributed by atoms with Crippen molar-refractivity contribution in [3.63, 3.8) is 0 Å². The van der Waals surface area contributed by atoms with Gasteiger partial charge in [-0.15, -0.1) is 0 Å². The molecule has 1 aliphatic rings. The Labute approximate surface area is 268 Å². The number of sulfonamides is 1. The van der Waals surface area contributed by atoms with E-state index in [1.54, 1.807) is 48.3 Å². The number of hydrogen-bond donors (Lipinski definition) is 2. The number of aliphatic hydroxyl groups excluding tert-OH is 1. The van der Waals surface area contributed by atoms with Crippen molar-refractivity contribution in [1.29, 1.82) is 0 Å². The fraction of sp³-hybridized carbons (Fsp3) is 0.229.